The molecule has 0 spiro atoms. The van der Waals surface area contributed by atoms with E-state index in [0.29, 0.717) is 6.54 Å². The Labute approximate surface area is 99.7 Å². The predicted molar refractivity (Wildman–Crippen MR) is 46.2 cm³/mol. The Morgan fingerprint density at radius 3 is 2.58 bits per heavy atom. The molecule has 0 aromatic heterocycles. The third-order valence-electron chi connectivity index (χ3n) is 1.95. The molecule has 0 bridgehead atoms. The molecule has 1 radical (unpaired) electrons. The van der Waals surface area contributed by atoms with E-state index in [-0.39, 0.29) is 32.7 Å². The Kier molecular flexibility index (Phi) is 6.94. The van der Waals surface area contributed by atoms with Gasteiger partial charge in [0.15, 0.2) is 0 Å². The van der Waals surface area contributed by atoms with Gasteiger partial charge in [-0.15, -0.1) is 0 Å². The largest absolute Gasteiger partial charge is 0.692 e. The second-order valence-electron chi connectivity index (χ2n) is 2.86. The molecule has 0 aromatic rings. The quantitative estimate of drug-likeness (QED) is 0.486. The van der Waals surface area contributed by atoms with Gasteiger partial charge < -0.3 is 17.2 Å². The number of rotatable bonds is 1. The summed E-state index contributed by atoms with van der Waals surface area (Å²) in [4.78, 5) is 6.53. The first kappa shape index (κ1) is 12.3. The molecule has 1 heterocycles. The first-order valence-electron chi connectivity index (χ1n) is 3.93. The topological polar surface area (TPSA) is 15.6 Å². The first-order valence-corrected chi connectivity index (χ1v) is 3.93. The van der Waals surface area contributed by atoms with E-state index in [4.69, 9.17) is 6.42 Å². The normalized spacial score (nSPS) is 17.8. The van der Waals surface area contributed by atoms with Gasteiger partial charge in [-0.25, -0.2) is 0 Å². The molecule has 1 saturated heterocycles. The SMILES string of the molecule is [C-]#CCN=C1CCN(C)CC1.[Y]. The van der Waals surface area contributed by atoms with Crippen LogP contribution in [0.2, 0.25) is 0 Å². The smallest absolute Gasteiger partial charge is 0.0610 e. The van der Waals surface area contributed by atoms with Crippen molar-refractivity contribution in [3.05, 3.63) is 6.42 Å². The number of hydrogen-bond acceptors (Lipinski definition) is 2. The first-order chi connectivity index (χ1) is 5.33. The molecule has 1 rings (SSSR count). The van der Waals surface area contributed by atoms with Crippen molar-refractivity contribution >= 4 is 5.71 Å². The molecule has 1 fully saturated rings. The molecule has 1 aliphatic rings. The maximum Gasteiger partial charge on any atom is 0.0610 e. The van der Waals surface area contributed by atoms with Crippen LogP contribution in [-0.4, -0.2) is 37.3 Å². The maximum absolute atomic E-state index is 6.69. The van der Waals surface area contributed by atoms with Crippen LogP contribution in [0.4, 0.5) is 0 Å². The van der Waals surface area contributed by atoms with Crippen molar-refractivity contribution in [2.45, 2.75) is 12.8 Å². The standard InChI is InChI=1S/C9H13N2.Y/c1-3-6-10-9-4-7-11(2)8-5-9;/h4-8H2,2H3;/q-1;. The Morgan fingerprint density at radius 2 is 2.08 bits per heavy atom. The average molecular weight is 238 g/mol. The average Bonchev–Trinajstić information content (AvgIpc) is 2.04. The molecule has 12 heavy (non-hydrogen) atoms. The molecule has 0 atom stereocenters. The van der Waals surface area contributed by atoms with Crippen molar-refractivity contribution in [2.24, 2.45) is 4.99 Å². The Morgan fingerprint density at radius 1 is 1.50 bits per heavy atom. The van der Waals surface area contributed by atoms with Gasteiger partial charge in [0.25, 0.3) is 0 Å². The monoisotopic (exact) mass is 238 g/mol. The summed E-state index contributed by atoms with van der Waals surface area (Å²) >= 11 is 0. The third kappa shape index (κ3) is 4.35. The third-order valence-corrected chi connectivity index (χ3v) is 1.95. The van der Waals surface area contributed by atoms with E-state index in [1.165, 1.54) is 5.71 Å². The van der Waals surface area contributed by atoms with Crippen LogP contribution in [0.3, 0.4) is 0 Å². The second-order valence-corrected chi connectivity index (χ2v) is 2.86. The molecular weight excluding hydrogens is 225 g/mol. The molecule has 0 amide bonds. The molecule has 0 aliphatic carbocycles. The maximum atomic E-state index is 6.69. The second kappa shape index (κ2) is 6.77. The molecule has 0 saturated carbocycles. The summed E-state index contributed by atoms with van der Waals surface area (Å²) in [6.45, 7) is 2.66. The van der Waals surface area contributed by atoms with Gasteiger partial charge in [-0.2, -0.15) is 0 Å². The summed E-state index contributed by atoms with van der Waals surface area (Å²) in [5, 5.41) is 0. The molecule has 0 unspecified atom stereocenters. The van der Waals surface area contributed by atoms with Crippen LogP contribution in [-0.2, 0) is 32.7 Å². The minimum atomic E-state index is 0. The zero-order chi connectivity index (χ0) is 8.10. The van der Waals surface area contributed by atoms with Crippen molar-refractivity contribution in [2.75, 3.05) is 26.7 Å². The number of piperidine rings is 1. The summed E-state index contributed by atoms with van der Waals surface area (Å²) < 4.78 is 0. The van der Waals surface area contributed by atoms with E-state index in [0.717, 1.165) is 25.9 Å². The van der Waals surface area contributed by atoms with Gasteiger partial charge in [0.2, 0.25) is 0 Å². The zero-order valence-corrected chi connectivity index (χ0v) is 10.3. The molecule has 0 N–H and O–H groups in total. The van der Waals surface area contributed by atoms with E-state index < -0.39 is 0 Å². The van der Waals surface area contributed by atoms with Gasteiger partial charge in [0.05, 0.1) is 6.54 Å². The van der Waals surface area contributed by atoms with Gasteiger partial charge >= 0.3 is 0 Å². The van der Waals surface area contributed by atoms with Gasteiger partial charge in [0.1, 0.15) is 0 Å². The number of likely N-dealkylation sites (tertiary alicyclic amines) is 1. The minimum absolute atomic E-state index is 0. The van der Waals surface area contributed by atoms with E-state index in [1.54, 1.807) is 0 Å². The molecule has 3 heteroatoms. The molecule has 63 valence electrons. The van der Waals surface area contributed by atoms with Crippen LogP contribution in [0.15, 0.2) is 4.99 Å². The van der Waals surface area contributed by atoms with Crippen molar-refractivity contribution < 1.29 is 32.7 Å². The van der Waals surface area contributed by atoms with Crippen molar-refractivity contribution in [3.63, 3.8) is 0 Å². The molecule has 1 aliphatic heterocycles. The van der Waals surface area contributed by atoms with Crippen LogP contribution < -0.4 is 0 Å². The van der Waals surface area contributed by atoms with E-state index in [1.807, 2.05) is 0 Å². The fourth-order valence-electron chi connectivity index (χ4n) is 1.19. The van der Waals surface area contributed by atoms with Crippen LogP contribution in [0.5, 0.6) is 0 Å². The van der Waals surface area contributed by atoms with Gasteiger partial charge in [-0.05, 0) is 19.9 Å². The van der Waals surface area contributed by atoms with Crippen molar-refractivity contribution in [3.8, 4) is 5.92 Å². The summed E-state index contributed by atoms with van der Waals surface area (Å²) in [7, 11) is 2.12. The number of hydrogen-bond donors (Lipinski definition) is 0. The summed E-state index contributed by atoms with van der Waals surface area (Å²) in [5.41, 5.74) is 1.25. The van der Waals surface area contributed by atoms with Crippen LogP contribution in [0.1, 0.15) is 12.8 Å². The molecule has 0 aromatic carbocycles. The Hall–Kier alpha value is 0.294. The zero-order valence-electron chi connectivity index (χ0n) is 7.51. The van der Waals surface area contributed by atoms with Crippen molar-refractivity contribution in [1.29, 1.82) is 0 Å². The van der Waals surface area contributed by atoms with Gasteiger partial charge in [-0.3, -0.25) is 4.99 Å². The van der Waals surface area contributed by atoms with Crippen LogP contribution >= 0.6 is 0 Å². The number of nitrogens with zero attached hydrogens (tertiary/aromatic N) is 2. The number of aliphatic imine (C=N–C) groups is 1. The van der Waals surface area contributed by atoms with Crippen LogP contribution in [0, 0.1) is 12.3 Å². The van der Waals surface area contributed by atoms with Crippen LogP contribution in [0.25, 0.3) is 0 Å². The fourth-order valence-corrected chi connectivity index (χ4v) is 1.19. The van der Waals surface area contributed by atoms with Crippen molar-refractivity contribution in [1.82, 2.24) is 4.90 Å². The molecule has 2 nitrogen and oxygen atoms in total. The molecular formula is C9H13N2Y-. The Bertz CT molecular complexity index is 183. The Balaban J connectivity index is 0.00000121. The van der Waals surface area contributed by atoms with Gasteiger partial charge in [-0.1, -0.05) is 0 Å². The summed E-state index contributed by atoms with van der Waals surface area (Å²) in [6.07, 6.45) is 8.83. The van der Waals surface area contributed by atoms with E-state index >= 15 is 0 Å². The summed E-state index contributed by atoms with van der Waals surface area (Å²) in [5.74, 6) is 2.28. The minimum Gasteiger partial charge on any atom is -0.692 e. The van der Waals surface area contributed by atoms with E-state index in [2.05, 4.69) is 22.9 Å². The predicted octanol–water partition coefficient (Wildman–Crippen LogP) is 0.740. The van der Waals surface area contributed by atoms with E-state index in [9.17, 15) is 0 Å². The van der Waals surface area contributed by atoms with Gasteiger partial charge in [0, 0.05) is 51.5 Å². The fraction of sp³-hybridized carbons (Fsp3) is 0.667. The summed E-state index contributed by atoms with van der Waals surface area (Å²) in [6, 6.07) is 0.